The summed E-state index contributed by atoms with van der Waals surface area (Å²) in [6.07, 6.45) is 0. The topological polar surface area (TPSA) is 9.23 Å². The summed E-state index contributed by atoms with van der Waals surface area (Å²) in [6, 6.07) is 6.19. The number of benzene rings is 2. The van der Waals surface area contributed by atoms with Crippen LogP contribution in [0.15, 0.2) is 24.3 Å². The molecule has 0 heterocycles. The van der Waals surface area contributed by atoms with Crippen LogP contribution >= 0.6 is 0 Å². The Labute approximate surface area is 107 Å². The molecular weight excluding hydrogens is 260 g/mol. The molecule has 5 heteroatoms. The quantitative estimate of drug-likeness (QED) is 0.570. The summed E-state index contributed by atoms with van der Waals surface area (Å²) in [5.41, 5.74) is 0.195. The van der Waals surface area contributed by atoms with Gasteiger partial charge in [-0.3, -0.25) is 0 Å². The smallest absolute Gasteiger partial charge is 0.204 e. The van der Waals surface area contributed by atoms with Gasteiger partial charge in [0, 0.05) is 5.56 Å². The average Bonchev–Trinajstić information content (AvgIpc) is 2.41. The molecule has 0 atom stereocenters. The van der Waals surface area contributed by atoms with Crippen molar-refractivity contribution in [1.29, 1.82) is 0 Å². The standard InChI is InChI=1S/C14H10F4O/c1-7-3-5-9(6-4-7)19-14-12(17)10(15)8(2)11(16)13(14)18/h3-6H,1-2H3. The van der Waals surface area contributed by atoms with Crippen molar-refractivity contribution in [2.24, 2.45) is 0 Å². The Balaban J connectivity index is 2.48. The van der Waals surface area contributed by atoms with Gasteiger partial charge in [0.15, 0.2) is 11.6 Å². The summed E-state index contributed by atoms with van der Waals surface area (Å²) >= 11 is 0. The second-order valence-electron chi connectivity index (χ2n) is 4.13. The molecule has 0 spiro atoms. The predicted molar refractivity (Wildman–Crippen MR) is 62.3 cm³/mol. The van der Waals surface area contributed by atoms with Gasteiger partial charge in [-0.1, -0.05) is 17.7 Å². The molecule has 0 unspecified atom stereocenters. The van der Waals surface area contributed by atoms with E-state index >= 15 is 0 Å². The first-order valence-electron chi connectivity index (χ1n) is 5.49. The van der Waals surface area contributed by atoms with Gasteiger partial charge < -0.3 is 4.74 Å². The van der Waals surface area contributed by atoms with E-state index in [0.717, 1.165) is 12.5 Å². The maximum Gasteiger partial charge on any atom is 0.204 e. The van der Waals surface area contributed by atoms with Crippen LogP contribution in [0, 0.1) is 37.1 Å². The van der Waals surface area contributed by atoms with Gasteiger partial charge >= 0.3 is 0 Å². The molecular formula is C14H10F4O. The Kier molecular flexibility index (Phi) is 3.46. The van der Waals surface area contributed by atoms with Gasteiger partial charge in [0.05, 0.1) is 0 Å². The Bertz CT molecular complexity index is 591. The summed E-state index contributed by atoms with van der Waals surface area (Å²) in [5, 5.41) is 0. The van der Waals surface area contributed by atoms with Crippen LogP contribution in [-0.2, 0) is 0 Å². The molecule has 2 aromatic carbocycles. The fraction of sp³-hybridized carbons (Fsp3) is 0.143. The molecule has 0 fully saturated rings. The Morgan fingerprint density at radius 2 is 1.21 bits per heavy atom. The number of hydrogen-bond donors (Lipinski definition) is 0. The SMILES string of the molecule is Cc1ccc(Oc2c(F)c(F)c(C)c(F)c2F)cc1. The van der Waals surface area contributed by atoms with Crippen LogP contribution in [0.5, 0.6) is 11.5 Å². The van der Waals surface area contributed by atoms with Crippen molar-refractivity contribution in [1.82, 2.24) is 0 Å². The van der Waals surface area contributed by atoms with E-state index in [9.17, 15) is 17.6 Å². The highest BCUT2D eigenvalue weighted by atomic mass is 19.2. The third-order valence-corrected chi connectivity index (χ3v) is 2.68. The van der Waals surface area contributed by atoms with Crippen LogP contribution < -0.4 is 4.74 Å². The Morgan fingerprint density at radius 1 is 0.737 bits per heavy atom. The zero-order chi connectivity index (χ0) is 14.2. The van der Waals surface area contributed by atoms with Gasteiger partial charge in [0.1, 0.15) is 5.75 Å². The van der Waals surface area contributed by atoms with Crippen LogP contribution in [0.25, 0.3) is 0 Å². The first-order valence-corrected chi connectivity index (χ1v) is 5.49. The zero-order valence-electron chi connectivity index (χ0n) is 10.2. The van der Waals surface area contributed by atoms with Crippen molar-refractivity contribution in [2.45, 2.75) is 13.8 Å². The molecule has 0 saturated heterocycles. The molecule has 0 N–H and O–H groups in total. The summed E-state index contributed by atoms with van der Waals surface area (Å²) in [4.78, 5) is 0. The third kappa shape index (κ3) is 2.41. The van der Waals surface area contributed by atoms with E-state index < -0.39 is 34.6 Å². The van der Waals surface area contributed by atoms with Gasteiger partial charge in [-0.15, -0.1) is 0 Å². The lowest BCUT2D eigenvalue weighted by Crippen LogP contribution is -2.03. The minimum absolute atomic E-state index is 0.0889. The van der Waals surface area contributed by atoms with Gasteiger partial charge in [-0.2, -0.15) is 8.78 Å². The van der Waals surface area contributed by atoms with Gasteiger partial charge in [0.2, 0.25) is 17.4 Å². The van der Waals surface area contributed by atoms with Crippen LogP contribution in [0.4, 0.5) is 17.6 Å². The van der Waals surface area contributed by atoms with Crippen molar-refractivity contribution in [3.8, 4) is 11.5 Å². The zero-order valence-corrected chi connectivity index (χ0v) is 10.2. The molecule has 0 aliphatic rings. The number of rotatable bonds is 2. The fourth-order valence-electron chi connectivity index (χ4n) is 1.54. The normalized spacial score (nSPS) is 10.6. The summed E-state index contributed by atoms with van der Waals surface area (Å²) < 4.78 is 58.7. The molecule has 0 saturated carbocycles. The number of aryl methyl sites for hydroxylation is 1. The van der Waals surface area contributed by atoms with E-state index in [0.29, 0.717) is 0 Å². The molecule has 2 rings (SSSR count). The largest absolute Gasteiger partial charge is 0.451 e. The van der Waals surface area contributed by atoms with E-state index in [1.165, 1.54) is 12.1 Å². The van der Waals surface area contributed by atoms with Gasteiger partial charge in [-0.05, 0) is 26.0 Å². The van der Waals surface area contributed by atoms with E-state index in [2.05, 4.69) is 0 Å². The van der Waals surface area contributed by atoms with Gasteiger partial charge in [-0.25, -0.2) is 8.78 Å². The van der Waals surface area contributed by atoms with Crippen molar-refractivity contribution in [2.75, 3.05) is 0 Å². The number of ether oxygens (including phenoxy) is 1. The maximum absolute atomic E-state index is 13.6. The monoisotopic (exact) mass is 270 g/mol. The van der Waals surface area contributed by atoms with Crippen molar-refractivity contribution in [3.63, 3.8) is 0 Å². The minimum Gasteiger partial charge on any atom is -0.451 e. The third-order valence-electron chi connectivity index (χ3n) is 2.68. The fourth-order valence-corrected chi connectivity index (χ4v) is 1.54. The van der Waals surface area contributed by atoms with Crippen LogP contribution in [0.2, 0.25) is 0 Å². The van der Waals surface area contributed by atoms with E-state index in [4.69, 9.17) is 4.74 Å². The van der Waals surface area contributed by atoms with Gasteiger partial charge in [0.25, 0.3) is 0 Å². The lowest BCUT2D eigenvalue weighted by Gasteiger charge is -2.11. The first-order chi connectivity index (χ1) is 8.91. The van der Waals surface area contributed by atoms with E-state index in [-0.39, 0.29) is 5.75 Å². The molecule has 0 radical (unpaired) electrons. The Morgan fingerprint density at radius 3 is 1.68 bits per heavy atom. The van der Waals surface area contributed by atoms with Crippen LogP contribution in [-0.4, -0.2) is 0 Å². The van der Waals surface area contributed by atoms with Crippen molar-refractivity contribution in [3.05, 3.63) is 58.7 Å². The van der Waals surface area contributed by atoms with E-state index in [1.807, 2.05) is 6.92 Å². The molecule has 0 aliphatic heterocycles. The number of halogens is 4. The Hall–Kier alpha value is -2.04. The molecule has 0 bridgehead atoms. The summed E-state index contributed by atoms with van der Waals surface area (Å²) in [5.74, 6) is -6.99. The number of hydrogen-bond acceptors (Lipinski definition) is 1. The second-order valence-corrected chi connectivity index (χ2v) is 4.13. The molecule has 0 aliphatic carbocycles. The molecule has 19 heavy (non-hydrogen) atoms. The predicted octanol–water partition coefficient (Wildman–Crippen LogP) is 4.65. The lowest BCUT2D eigenvalue weighted by molar-refractivity contribution is 0.362. The molecule has 0 amide bonds. The van der Waals surface area contributed by atoms with Crippen LogP contribution in [0.3, 0.4) is 0 Å². The van der Waals surface area contributed by atoms with Crippen LogP contribution in [0.1, 0.15) is 11.1 Å². The highest BCUT2D eigenvalue weighted by Crippen LogP contribution is 2.32. The van der Waals surface area contributed by atoms with Crippen molar-refractivity contribution >= 4 is 0 Å². The molecule has 0 aromatic heterocycles. The molecule has 100 valence electrons. The first kappa shape index (κ1) is 13.4. The molecule has 1 nitrogen and oxygen atoms in total. The summed E-state index contributed by atoms with van der Waals surface area (Å²) in [7, 11) is 0. The maximum atomic E-state index is 13.6. The lowest BCUT2D eigenvalue weighted by atomic mass is 10.2. The second kappa shape index (κ2) is 4.91. The average molecular weight is 270 g/mol. The highest BCUT2D eigenvalue weighted by Gasteiger charge is 2.24. The highest BCUT2D eigenvalue weighted by molar-refractivity contribution is 5.38. The van der Waals surface area contributed by atoms with Crippen molar-refractivity contribution < 1.29 is 22.3 Å². The molecule has 2 aromatic rings. The minimum atomic E-state index is -1.54. The summed E-state index contributed by atoms with van der Waals surface area (Å²) in [6.45, 7) is 2.77. The van der Waals surface area contributed by atoms with E-state index in [1.54, 1.807) is 12.1 Å².